The van der Waals surface area contributed by atoms with E-state index in [-0.39, 0.29) is 23.7 Å². The fraction of sp³-hybridized carbons (Fsp3) is 0.769. The van der Waals surface area contributed by atoms with Crippen molar-refractivity contribution in [1.29, 1.82) is 0 Å². The monoisotopic (exact) mass is 288 g/mol. The topological polar surface area (TPSA) is 66.5 Å². The molecule has 2 atom stereocenters. The molecule has 1 fully saturated rings. The average Bonchev–Trinajstić information content (AvgIpc) is 2.35. The van der Waals surface area contributed by atoms with E-state index in [1.165, 1.54) is 6.26 Å². The molecule has 1 amide bonds. The van der Waals surface area contributed by atoms with Crippen LogP contribution in [0.1, 0.15) is 25.7 Å². The fourth-order valence-corrected chi connectivity index (χ4v) is 4.18. The number of carbonyl (C=O) groups excluding carboxylic acids is 1. The van der Waals surface area contributed by atoms with Crippen LogP contribution in [0, 0.1) is 0 Å². The Morgan fingerprint density at radius 2 is 2.05 bits per heavy atom. The quantitative estimate of drug-likeness (QED) is 0.726. The average molecular weight is 288 g/mol. The van der Waals surface area contributed by atoms with E-state index in [0.717, 1.165) is 19.3 Å². The van der Waals surface area contributed by atoms with Gasteiger partial charge >= 0.3 is 0 Å². The van der Waals surface area contributed by atoms with Crippen LogP contribution in [0.2, 0.25) is 0 Å². The molecule has 6 heteroatoms. The first-order valence-electron chi connectivity index (χ1n) is 6.63. The Morgan fingerprint density at radius 1 is 1.42 bits per heavy atom. The van der Waals surface area contributed by atoms with E-state index in [2.05, 4.69) is 11.9 Å². The summed E-state index contributed by atoms with van der Waals surface area (Å²) >= 11 is 0. The van der Waals surface area contributed by atoms with Crippen LogP contribution in [0.3, 0.4) is 0 Å². The second kappa shape index (κ2) is 7.05. The molecule has 110 valence electrons. The fourth-order valence-electron chi connectivity index (χ4n) is 2.67. The Bertz CT molecular complexity index is 420. The standard InChI is InChI=1S/C13H24N2O3S/c1-4-9-14-13(16)10-15(2)11-7-5-6-8-12(11)19(3,17)18/h4,11-12H,1,5-10H2,2-3H3,(H,14,16). The highest BCUT2D eigenvalue weighted by atomic mass is 32.2. The Morgan fingerprint density at radius 3 is 2.63 bits per heavy atom. The van der Waals surface area contributed by atoms with Crippen molar-refractivity contribution in [2.75, 3.05) is 26.4 Å². The van der Waals surface area contributed by atoms with Gasteiger partial charge in [0, 0.05) is 18.8 Å². The molecule has 0 saturated heterocycles. The van der Waals surface area contributed by atoms with Crippen LogP contribution >= 0.6 is 0 Å². The van der Waals surface area contributed by atoms with E-state index in [0.29, 0.717) is 13.0 Å². The highest BCUT2D eigenvalue weighted by Crippen LogP contribution is 2.27. The smallest absolute Gasteiger partial charge is 0.234 e. The lowest BCUT2D eigenvalue weighted by molar-refractivity contribution is -0.122. The van der Waals surface area contributed by atoms with Crippen molar-refractivity contribution < 1.29 is 13.2 Å². The summed E-state index contributed by atoms with van der Waals surface area (Å²) in [4.78, 5) is 13.5. The number of carbonyl (C=O) groups is 1. The number of likely N-dealkylation sites (N-methyl/N-ethyl adjacent to an activating group) is 1. The predicted molar refractivity (Wildman–Crippen MR) is 76.7 cm³/mol. The zero-order valence-electron chi connectivity index (χ0n) is 11.8. The SMILES string of the molecule is C=CCNC(=O)CN(C)C1CCCCC1S(C)(=O)=O. The van der Waals surface area contributed by atoms with Gasteiger partial charge in [-0.25, -0.2) is 8.42 Å². The summed E-state index contributed by atoms with van der Waals surface area (Å²) in [6.07, 6.45) is 6.42. The lowest BCUT2D eigenvalue weighted by atomic mass is 9.94. The van der Waals surface area contributed by atoms with Crippen molar-refractivity contribution in [1.82, 2.24) is 10.2 Å². The molecule has 0 heterocycles. The van der Waals surface area contributed by atoms with Gasteiger partial charge in [0.2, 0.25) is 5.91 Å². The number of rotatable bonds is 6. The van der Waals surface area contributed by atoms with Crippen molar-refractivity contribution in [3.8, 4) is 0 Å². The van der Waals surface area contributed by atoms with E-state index in [4.69, 9.17) is 0 Å². The summed E-state index contributed by atoms with van der Waals surface area (Å²) in [5.74, 6) is -0.0970. The van der Waals surface area contributed by atoms with Crippen LogP contribution in [0.4, 0.5) is 0 Å². The van der Waals surface area contributed by atoms with Gasteiger partial charge in [-0.1, -0.05) is 18.9 Å². The van der Waals surface area contributed by atoms with Gasteiger partial charge in [0.15, 0.2) is 9.84 Å². The third kappa shape index (κ3) is 4.95. The van der Waals surface area contributed by atoms with Crippen LogP contribution in [-0.4, -0.2) is 56.9 Å². The van der Waals surface area contributed by atoms with Crippen LogP contribution in [0.25, 0.3) is 0 Å². The van der Waals surface area contributed by atoms with Crippen LogP contribution in [0.15, 0.2) is 12.7 Å². The molecule has 0 aromatic carbocycles. The number of amides is 1. The van der Waals surface area contributed by atoms with Gasteiger partial charge in [-0.2, -0.15) is 0 Å². The Balaban J connectivity index is 2.64. The molecule has 1 aliphatic carbocycles. The second-order valence-electron chi connectivity index (χ2n) is 5.23. The molecule has 1 aliphatic rings. The molecule has 2 unspecified atom stereocenters. The Kier molecular flexibility index (Phi) is 6.00. The number of hydrogen-bond acceptors (Lipinski definition) is 4. The van der Waals surface area contributed by atoms with E-state index >= 15 is 0 Å². The normalized spacial score (nSPS) is 24.2. The van der Waals surface area contributed by atoms with E-state index in [9.17, 15) is 13.2 Å². The maximum atomic E-state index is 11.8. The van der Waals surface area contributed by atoms with E-state index in [1.807, 2.05) is 11.9 Å². The van der Waals surface area contributed by atoms with Gasteiger partial charge in [-0.3, -0.25) is 9.69 Å². The minimum absolute atomic E-state index is 0.0572. The lowest BCUT2D eigenvalue weighted by Crippen LogP contribution is -2.49. The molecule has 0 bridgehead atoms. The molecule has 0 aliphatic heterocycles. The molecule has 0 aromatic rings. The highest BCUT2D eigenvalue weighted by molar-refractivity contribution is 7.91. The minimum Gasteiger partial charge on any atom is -0.352 e. The summed E-state index contributed by atoms with van der Waals surface area (Å²) in [6, 6.07) is -0.0572. The first kappa shape index (κ1) is 16.2. The van der Waals surface area contributed by atoms with Crippen LogP contribution < -0.4 is 5.32 Å². The van der Waals surface area contributed by atoms with Crippen molar-refractivity contribution in [2.45, 2.75) is 37.0 Å². The van der Waals surface area contributed by atoms with Gasteiger partial charge in [0.05, 0.1) is 11.8 Å². The lowest BCUT2D eigenvalue weighted by Gasteiger charge is -2.36. The highest BCUT2D eigenvalue weighted by Gasteiger charge is 2.35. The Hall–Kier alpha value is -0.880. The van der Waals surface area contributed by atoms with Crippen molar-refractivity contribution >= 4 is 15.7 Å². The van der Waals surface area contributed by atoms with Crippen molar-refractivity contribution in [3.05, 3.63) is 12.7 Å². The van der Waals surface area contributed by atoms with Gasteiger partial charge in [0.25, 0.3) is 0 Å². The molecule has 1 N–H and O–H groups in total. The number of sulfone groups is 1. The maximum absolute atomic E-state index is 11.8. The summed E-state index contributed by atoms with van der Waals surface area (Å²) < 4.78 is 23.6. The molecule has 1 saturated carbocycles. The molecule has 1 rings (SSSR count). The molecular formula is C13H24N2O3S. The second-order valence-corrected chi connectivity index (χ2v) is 7.49. The summed E-state index contributed by atoms with van der Waals surface area (Å²) in [7, 11) is -1.24. The molecule has 0 radical (unpaired) electrons. The largest absolute Gasteiger partial charge is 0.352 e. The summed E-state index contributed by atoms with van der Waals surface area (Å²) in [5, 5.41) is 2.36. The summed E-state index contributed by atoms with van der Waals surface area (Å²) in [6.45, 7) is 4.20. The number of nitrogens with zero attached hydrogens (tertiary/aromatic N) is 1. The van der Waals surface area contributed by atoms with E-state index in [1.54, 1.807) is 6.08 Å². The van der Waals surface area contributed by atoms with Gasteiger partial charge in [-0.05, 0) is 19.9 Å². The zero-order chi connectivity index (χ0) is 14.5. The molecule has 19 heavy (non-hydrogen) atoms. The Labute approximate surface area is 116 Å². The predicted octanol–water partition coefficient (Wildman–Crippen LogP) is 0.576. The first-order valence-corrected chi connectivity index (χ1v) is 8.58. The van der Waals surface area contributed by atoms with E-state index < -0.39 is 9.84 Å². The third-order valence-electron chi connectivity index (χ3n) is 3.62. The third-order valence-corrected chi connectivity index (χ3v) is 5.27. The molecule has 0 aromatic heterocycles. The minimum atomic E-state index is -3.06. The maximum Gasteiger partial charge on any atom is 0.234 e. The van der Waals surface area contributed by atoms with Crippen LogP contribution in [0.5, 0.6) is 0 Å². The number of hydrogen-bond donors (Lipinski definition) is 1. The summed E-state index contributed by atoms with van der Waals surface area (Å²) in [5.41, 5.74) is 0. The van der Waals surface area contributed by atoms with Crippen LogP contribution in [-0.2, 0) is 14.6 Å². The molecular weight excluding hydrogens is 264 g/mol. The zero-order valence-corrected chi connectivity index (χ0v) is 12.6. The first-order chi connectivity index (χ1) is 8.86. The van der Waals surface area contributed by atoms with Gasteiger partial charge in [0.1, 0.15) is 0 Å². The van der Waals surface area contributed by atoms with Gasteiger partial charge < -0.3 is 5.32 Å². The van der Waals surface area contributed by atoms with Crippen molar-refractivity contribution in [3.63, 3.8) is 0 Å². The number of nitrogens with one attached hydrogen (secondary N) is 1. The van der Waals surface area contributed by atoms with Crippen molar-refractivity contribution in [2.24, 2.45) is 0 Å². The van der Waals surface area contributed by atoms with Gasteiger partial charge in [-0.15, -0.1) is 6.58 Å². The molecule has 5 nitrogen and oxygen atoms in total. The molecule has 0 spiro atoms.